The molecule has 1 aliphatic rings. The van der Waals surface area contributed by atoms with E-state index in [0.717, 1.165) is 12.0 Å². The van der Waals surface area contributed by atoms with Gasteiger partial charge in [-0.2, -0.15) is 0 Å². The van der Waals surface area contributed by atoms with Crippen LogP contribution in [-0.2, 0) is 0 Å². The molecule has 1 heterocycles. The molecule has 1 aliphatic heterocycles. The molecule has 96 valence electrons. The van der Waals surface area contributed by atoms with Crippen LogP contribution in [0.1, 0.15) is 52.9 Å². The minimum atomic E-state index is 0.679. The Morgan fingerprint density at radius 3 is 2.69 bits per heavy atom. The number of nitrogens with zero attached hydrogens (tertiary/aromatic N) is 1. The molecule has 1 N–H and O–H groups in total. The third-order valence-corrected chi connectivity index (χ3v) is 4.10. The molecule has 0 aromatic heterocycles. The Bertz CT molecular complexity index is 182. The zero-order chi connectivity index (χ0) is 12.0. The van der Waals surface area contributed by atoms with Gasteiger partial charge in [0.2, 0.25) is 0 Å². The Labute approximate surface area is 102 Å². The standard InChI is InChI=1S/C14H30N2/c1-12-8-10-16(14(3)11-12)9-6-5-7-13(2)15-4/h12-15H,5-11H2,1-4H3. The van der Waals surface area contributed by atoms with Crippen LogP contribution in [0, 0.1) is 5.92 Å². The van der Waals surface area contributed by atoms with Gasteiger partial charge >= 0.3 is 0 Å². The van der Waals surface area contributed by atoms with E-state index in [1.54, 1.807) is 0 Å². The van der Waals surface area contributed by atoms with E-state index in [1.165, 1.54) is 45.2 Å². The second-order valence-electron chi connectivity index (χ2n) is 5.70. The third-order valence-electron chi connectivity index (χ3n) is 4.10. The second kappa shape index (κ2) is 7.29. The fraction of sp³-hybridized carbons (Fsp3) is 1.00. The molecule has 3 atom stereocenters. The lowest BCUT2D eigenvalue weighted by atomic mass is 9.93. The highest BCUT2D eigenvalue weighted by Crippen LogP contribution is 2.22. The van der Waals surface area contributed by atoms with Crippen LogP contribution in [0.2, 0.25) is 0 Å². The summed E-state index contributed by atoms with van der Waals surface area (Å²) >= 11 is 0. The quantitative estimate of drug-likeness (QED) is 0.701. The molecule has 16 heavy (non-hydrogen) atoms. The molecular formula is C14H30N2. The topological polar surface area (TPSA) is 15.3 Å². The first kappa shape index (κ1) is 14.0. The number of hydrogen-bond donors (Lipinski definition) is 1. The largest absolute Gasteiger partial charge is 0.317 e. The van der Waals surface area contributed by atoms with Crippen LogP contribution in [0.4, 0.5) is 0 Å². The molecule has 0 amide bonds. The molecule has 0 bridgehead atoms. The first-order chi connectivity index (χ1) is 7.63. The van der Waals surface area contributed by atoms with Gasteiger partial charge in [0.1, 0.15) is 0 Å². The van der Waals surface area contributed by atoms with E-state index < -0.39 is 0 Å². The molecule has 0 aliphatic carbocycles. The molecule has 3 unspecified atom stereocenters. The van der Waals surface area contributed by atoms with E-state index in [0.29, 0.717) is 6.04 Å². The molecule has 0 radical (unpaired) electrons. The van der Waals surface area contributed by atoms with E-state index >= 15 is 0 Å². The van der Waals surface area contributed by atoms with Gasteiger partial charge in [0, 0.05) is 12.1 Å². The van der Waals surface area contributed by atoms with Gasteiger partial charge in [-0.1, -0.05) is 13.3 Å². The number of unbranched alkanes of at least 4 members (excludes halogenated alkanes) is 1. The number of likely N-dealkylation sites (tertiary alicyclic amines) is 1. The molecule has 0 spiro atoms. The van der Waals surface area contributed by atoms with E-state index in [1.807, 2.05) is 0 Å². The van der Waals surface area contributed by atoms with E-state index in [-0.39, 0.29) is 0 Å². The lowest BCUT2D eigenvalue weighted by Gasteiger charge is -2.36. The van der Waals surface area contributed by atoms with Gasteiger partial charge in [0.25, 0.3) is 0 Å². The summed E-state index contributed by atoms with van der Waals surface area (Å²) in [5.74, 6) is 0.940. The van der Waals surface area contributed by atoms with Crippen molar-refractivity contribution in [1.29, 1.82) is 0 Å². The maximum atomic E-state index is 3.30. The average molecular weight is 226 g/mol. The SMILES string of the molecule is CNC(C)CCCCN1CCC(C)CC1C. The van der Waals surface area contributed by atoms with Crippen molar-refractivity contribution in [3.63, 3.8) is 0 Å². The Balaban J connectivity index is 2.08. The maximum Gasteiger partial charge on any atom is 0.00694 e. The summed E-state index contributed by atoms with van der Waals surface area (Å²) in [4.78, 5) is 2.68. The predicted octanol–water partition coefficient (Wildman–Crippen LogP) is 2.89. The third kappa shape index (κ3) is 4.84. The number of nitrogens with one attached hydrogen (secondary N) is 1. The highest BCUT2D eigenvalue weighted by Gasteiger charge is 2.21. The Hall–Kier alpha value is -0.0800. The van der Waals surface area contributed by atoms with Crippen molar-refractivity contribution in [2.45, 2.75) is 65.0 Å². The zero-order valence-electron chi connectivity index (χ0n) is 11.6. The summed E-state index contributed by atoms with van der Waals surface area (Å²) < 4.78 is 0. The van der Waals surface area contributed by atoms with Gasteiger partial charge in [0.15, 0.2) is 0 Å². The van der Waals surface area contributed by atoms with Crippen molar-refractivity contribution in [2.75, 3.05) is 20.1 Å². The fourth-order valence-corrected chi connectivity index (χ4v) is 2.70. The summed E-state index contributed by atoms with van der Waals surface area (Å²) in [5.41, 5.74) is 0. The van der Waals surface area contributed by atoms with Crippen LogP contribution in [0.5, 0.6) is 0 Å². The van der Waals surface area contributed by atoms with Crippen LogP contribution in [-0.4, -0.2) is 37.1 Å². The van der Waals surface area contributed by atoms with Crippen molar-refractivity contribution >= 4 is 0 Å². The summed E-state index contributed by atoms with van der Waals surface area (Å²) in [6, 6.07) is 1.49. The first-order valence-corrected chi connectivity index (χ1v) is 7.04. The molecule has 1 saturated heterocycles. The Morgan fingerprint density at radius 1 is 1.31 bits per heavy atom. The molecule has 1 rings (SSSR count). The predicted molar refractivity (Wildman–Crippen MR) is 71.8 cm³/mol. The summed E-state index contributed by atoms with van der Waals surface area (Å²) in [5, 5.41) is 3.30. The monoisotopic (exact) mass is 226 g/mol. The van der Waals surface area contributed by atoms with Gasteiger partial charge in [-0.25, -0.2) is 0 Å². The molecule has 0 saturated carbocycles. The highest BCUT2D eigenvalue weighted by atomic mass is 15.2. The van der Waals surface area contributed by atoms with Crippen molar-refractivity contribution in [1.82, 2.24) is 10.2 Å². The molecule has 0 aromatic carbocycles. The number of hydrogen-bond acceptors (Lipinski definition) is 2. The fourth-order valence-electron chi connectivity index (χ4n) is 2.70. The average Bonchev–Trinajstić information content (AvgIpc) is 2.26. The van der Waals surface area contributed by atoms with E-state index in [9.17, 15) is 0 Å². The van der Waals surface area contributed by atoms with Gasteiger partial charge in [-0.3, -0.25) is 0 Å². The molecule has 1 fully saturated rings. The minimum Gasteiger partial charge on any atom is -0.317 e. The van der Waals surface area contributed by atoms with Crippen molar-refractivity contribution in [3.05, 3.63) is 0 Å². The van der Waals surface area contributed by atoms with Gasteiger partial charge in [0.05, 0.1) is 0 Å². The molecule has 2 nitrogen and oxygen atoms in total. The van der Waals surface area contributed by atoms with E-state index in [2.05, 4.69) is 38.0 Å². The summed E-state index contributed by atoms with van der Waals surface area (Å²) in [7, 11) is 2.05. The van der Waals surface area contributed by atoms with Gasteiger partial charge in [-0.05, 0) is 65.6 Å². The van der Waals surface area contributed by atoms with Crippen molar-refractivity contribution < 1.29 is 0 Å². The van der Waals surface area contributed by atoms with Crippen LogP contribution in [0.25, 0.3) is 0 Å². The van der Waals surface area contributed by atoms with Crippen LogP contribution in [0.15, 0.2) is 0 Å². The number of piperidine rings is 1. The zero-order valence-corrected chi connectivity index (χ0v) is 11.6. The van der Waals surface area contributed by atoms with Crippen LogP contribution >= 0.6 is 0 Å². The maximum absolute atomic E-state index is 3.30. The molecule has 0 aromatic rings. The number of rotatable bonds is 6. The van der Waals surface area contributed by atoms with Crippen molar-refractivity contribution in [3.8, 4) is 0 Å². The summed E-state index contributed by atoms with van der Waals surface area (Å²) in [6.45, 7) is 9.69. The smallest absolute Gasteiger partial charge is 0.00694 e. The Kier molecular flexibility index (Phi) is 6.37. The first-order valence-electron chi connectivity index (χ1n) is 7.04. The van der Waals surface area contributed by atoms with E-state index in [4.69, 9.17) is 0 Å². The van der Waals surface area contributed by atoms with Crippen LogP contribution in [0.3, 0.4) is 0 Å². The molecule has 2 heteroatoms. The normalized spacial score (nSPS) is 29.2. The second-order valence-corrected chi connectivity index (χ2v) is 5.70. The lowest BCUT2D eigenvalue weighted by molar-refractivity contribution is 0.127. The van der Waals surface area contributed by atoms with Gasteiger partial charge < -0.3 is 10.2 Å². The van der Waals surface area contributed by atoms with Crippen molar-refractivity contribution in [2.24, 2.45) is 5.92 Å². The minimum absolute atomic E-state index is 0.679. The van der Waals surface area contributed by atoms with Crippen LogP contribution < -0.4 is 5.32 Å². The lowest BCUT2D eigenvalue weighted by Crippen LogP contribution is -2.40. The molecular weight excluding hydrogens is 196 g/mol. The van der Waals surface area contributed by atoms with Gasteiger partial charge in [-0.15, -0.1) is 0 Å². The Morgan fingerprint density at radius 2 is 2.06 bits per heavy atom. The summed E-state index contributed by atoms with van der Waals surface area (Å²) in [6.07, 6.45) is 6.84. The highest BCUT2D eigenvalue weighted by molar-refractivity contribution is 4.76.